The van der Waals surface area contributed by atoms with Gasteiger partial charge in [0.1, 0.15) is 18.2 Å². The summed E-state index contributed by atoms with van der Waals surface area (Å²) in [5, 5.41) is 0. The first-order chi connectivity index (χ1) is 14.7. The fourth-order valence-electron chi connectivity index (χ4n) is 3.76. The van der Waals surface area contributed by atoms with E-state index in [1.54, 1.807) is 22.8 Å². The second kappa shape index (κ2) is 8.06. The largest absolute Gasteiger partial charge is 0.489 e. The molecule has 0 N–H and O–H groups in total. The molecule has 160 valence electrons. The second-order valence-corrected chi connectivity index (χ2v) is 9.10. The van der Waals surface area contributed by atoms with Crippen LogP contribution >= 0.6 is 0 Å². The highest BCUT2D eigenvalue weighted by atomic mass is 19.1. The molecule has 0 amide bonds. The molecule has 0 bridgehead atoms. The van der Waals surface area contributed by atoms with Crippen molar-refractivity contribution in [2.45, 2.75) is 33.9 Å². The molecule has 3 aromatic carbocycles. The van der Waals surface area contributed by atoms with Crippen LogP contribution in [0.4, 0.5) is 4.39 Å². The Morgan fingerprint density at radius 1 is 0.903 bits per heavy atom. The highest BCUT2D eigenvalue weighted by Crippen LogP contribution is 2.28. The maximum Gasteiger partial charge on any atom is 0.328 e. The molecule has 0 aliphatic heterocycles. The zero-order valence-corrected chi connectivity index (χ0v) is 18.4. The maximum atomic E-state index is 13.9. The molecular formula is C26H27FN2O2. The van der Waals surface area contributed by atoms with Gasteiger partial charge in [-0.25, -0.2) is 9.18 Å². The van der Waals surface area contributed by atoms with Crippen molar-refractivity contribution in [2.24, 2.45) is 12.5 Å². The third-order valence-electron chi connectivity index (χ3n) is 5.30. The first-order valence-corrected chi connectivity index (χ1v) is 10.4. The zero-order valence-electron chi connectivity index (χ0n) is 18.4. The van der Waals surface area contributed by atoms with E-state index in [1.807, 2.05) is 54.1 Å². The molecule has 4 nitrogen and oxygen atoms in total. The Morgan fingerprint density at radius 3 is 2.39 bits per heavy atom. The van der Waals surface area contributed by atoms with Crippen LogP contribution in [0, 0.1) is 11.2 Å². The second-order valence-electron chi connectivity index (χ2n) is 9.10. The number of hydrogen-bond donors (Lipinski definition) is 0. The van der Waals surface area contributed by atoms with Gasteiger partial charge in [-0.3, -0.25) is 9.13 Å². The Hall–Kier alpha value is -3.34. The first kappa shape index (κ1) is 20.9. The number of nitrogens with zero attached hydrogens (tertiary/aromatic N) is 2. The lowest BCUT2D eigenvalue weighted by Crippen LogP contribution is -2.27. The smallest absolute Gasteiger partial charge is 0.328 e. The Morgan fingerprint density at radius 2 is 1.65 bits per heavy atom. The summed E-state index contributed by atoms with van der Waals surface area (Å²) in [6.07, 6.45) is 0. The Balaban J connectivity index is 1.65. The minimum absolute atomic E-state index is 0.000674. The van der Waals surface area contributed by atoms with Crippen molar-refractivity contribution in [2.75, 3.05) is 0 Å². The zero-order chi connectivity index (χ0) is 22.2. The molecular weight excluding hydrogens is 391 g/mol. The van der Waals surface area contributed by atoms with E-state index < -0.39 is 0 Å². The van der Waals surface area contributed by atoms with E-state index in [9.17, 15) is 9.18 Å². The first-order valence-electron chi connectivity index (χ1n) is 10.4. The van der Waals surface area contributed by atoms with E-state index in [1.165, 1.54) is 6.07 Å². The van der Waals surface area contributed by atoms with Gasteiger partial charge in [0.2, 0.25) is 0 Å². The van der Waals surface area contributed by atoms with Crippen molar-refractivity contribution in [1.82, 2.24) is 9.13 Å². The summed E-state index contributed by atoms with van der Waals surface area (Å²) < 4.78 is 23.2. The summed E-state index contributed by atoms with van der Waals surface area (Å²) in [4.78, 5) is 12.8. The van der Waals surface area contributed by atoms with E-state index >= 15 is 0 Å². The van der Waals surface area contributed by atoms with Crippen LogP contribution in [0.5, 0.6) is 5.75 Å². The van der Waals surface area contributed by atoms with Crippen LogP contribution in [0.25, 0.3) is 22.2 Å². The lowest BCUT2D eigenvalue weighted by atomic mass is 9.97. The average Bonchev–Trinajstić information content (AvgIpc) is 2.96. The van der Waals surface area contributed by atoms with Gasteiger partial charge in [0.05, 0.1) is 11.0 Å². The van der Waals surface area contributed by atoms with Crippen molar-refractivity contribution in [3.05, 3.63) is 88.6 Å². The van der Waals surface area contributed by atoms with Crippen LogP contribution in [0.2, 0.25) is 0 Å². The summed E-state index contributed by atoms with van der Waals surface area (Å²) in [5.74, 6) is 0.393. The molecule has 0 unspecified atom stereocenters. The molecule has 0 saturated heterocycles. The van der Waals surface area contributed by atoms with Gasteiger partial charge in [0, 0.05) is 19.2 Å². The van der Waals surface area contributed by atoms with Gasteiger partial charge in [0.25, 0.3) is 0 Å². The predicted molar refractivity (Wildman–Crippen MR) is 123 cm³/mol. The van der Waals surface area contributed by atoms with Crippen LogP contribution in [-0.4, -0.2) is 9.13 Å². The van der Waals surface area contributed by atoms with Crippen molar-refractivity contribution in [1.29, 1.82) is 0 Å². The molecule has 5 heteroatoms. The van der Waals surface area contributed by atoms with Gasteiger partial charge in [-0.15, -0.1) is 0 Å². The van der Waals surface area contributed by atoms with Crippen molar-refractivity contribution >= 4 is 11.0 Å². The van der Waals surface area contributed by atoms with Gasteiger partial charge in [-0.1, -0.05) is 57.2 Å². The molecule has 1 aromatic heterocycles. The number of benzene rings is 3. The molecule has 0 radical (unpaired) electrons. The summed E-state index contributed by atoms with van der Waals surface area (Å²) in [6.45, 7) is 7.19. The average molecular weight is 419 g/mol. The van der Waals surface area contributed by atoms with Crippen molar-refractivity contribution in [3.8, 4) is 16.9 Å². The number of rotatable bonds is 5. The van der Waals surface area contributed by atoms with Gasteiger partial charge >= 0.3 is 5.69 Å². The van der Waals surface area contributed by atoms with Crippen LogP contribution in [-0.2, 0) is 20.2 Å². The highest BCUT2D eigenvalue weighted by molar-refractivity contribution is 5.83. The van der Waals surface area contributed by atoms with E-state index in [-0.39, 0.29) is 23.5 Å². The summed E-state index contributed by atoms with van der Waals surface area (Å²) in [6, 6.07) is 20.4. The summed E-state index contributed by atoms with van der Waals surface area (Å²) in [5.41, 5.74) is 4.30. The van der Waals surface area contributed by atoms with Crippen molar-refractivity contribution in [3.63, 3.8) is 0 Å². The Bertz CT molecular complexity index is 1290. The standard InChI is InChI=1S/C26H27FN2O2/c1-26(2,3)17-29-23-13-12-19(15-24(23)28(4)25(29)30)18-9-7-10-21(14-18)31-16-20-8-5-6-11-22(20)27/h5-15H,16-17H2,1-4H3. The lowest BCUT2D eigenvalue weighted by molar-refractivity contribution is 0.300. The van der Waals surface area contributed by atoms with Crippen LogP contribution in [0.15, 0.2) is 71.5 Å². The molecule has 1 heterocycles. The van der Waals surface area contributed by atoms with Crippen LogP contribution < -0.4 is 10.4 Å². The number of fused-ring (bicyclic) bond motifs is 1. The minimum atomic E-state index is -0.273. The minimum Gasteiger partial charge on any atom is -0.489 e. The van der Waals surface area contributed by atoms with E-state index in [2.05, 4.69) is 20.8 Å². The number of aryl methyl sites for hydroxylation is 1. The van der Waals surface area contributed by atoms with Gasteiger partial charge in [-0.05, 0) is 46.9 Å². The third kappa shape index (κ3) is 4.41. The maximum absolute atomic E-state index is 13.9. The molecule has 0 saturated carbocycles. The third-order valence-corrected chi connectivity index (χ3v) is 5.30. The van der Waals surface area contributed by atoms with Gasteiger partial charge in [0.15, 0.2) is 0 Å². The SMILES string of the molecule is Cn1c(=O)n(CC(C)(C)C)c2ccc(-c3cccc(OCc4ccccc4F)c3)cc21. The molecule has 0 spiro atoms. The molecule has 31 heavy (non-hydrogen) atoms. The van der Waals surface area contributed by atoms with E-state index in [4.69, 9.17) is 4.74 Å². The van der Waals surface area contributed by atoms with Crippen LogP contribution in [0.1, 0.15) is 26.3 Å². The van der Waals surface area contributed by atoms with E-state index in [0.717, 1.165) is 22.2 Å². The number of ether oxygens (including phenoxy) is 1. The number of imidazole rings is 1. The molecule has 4 rings (SSSR count). The molecule has 0 atom stereocenters. The topological polar surface area (TPSA) is 36.2 Å². The fraction of sp³-hybridized carbons (Fsp3) is 0.269. The van der Waals surface area contributed by atoms with Gasteiger partial charge < -0.3 is 4.74 Å². The number of aromatic nitrogens is 2. The van der Waals surface area contributed by atoms with Crippen molar-refractivity contribution < 1.29 is 9.13 Å². The Labute approximate surface area is 181 Å². The number of hydrogen-bond acceptors (Lipinski definition) is 2. The van der Waals surface area contributed by atoms with Crippen LogP contribution in [0.3, 0.4) is 0 Å². The van der Waals surface area contributed by atoms with Gasteiger partial charge in [-0.2, -0.15) is 0 Å². The monoisotopic (exact) mass is 418 g/mol. The molecule has 0 fully saturated rings. The molecule has 0 aliphatic carbocycles. The highest BCUT2D eigenvalue weighted by Gasteiger charge is 2.18. The molecule has 0 aliphatic rings. The quantitative estimate of drug-likeness (QED) is 0.412. The van der Waals surface area contributed by atoms with E-state index in [0.29, 0.717) is 17.9 Å². The fourth-order valence-corrected chi connectivity index (χ4v) is 3.76. The summed E-state index contributed by atoms with van der Waals surface area (Å²) in [7, 11) is 1.81. The summed E-state index contributed by atoms with van der Waals surface area (Å²) >= 11 is 0. The Kier molecular flexibility index (Phi) is 5.44. The predicted octanol–water partition coefficient (Wildman–Crippen LogP) is 5.77. The lowest BCUT2D eigenvalue weighted by Gasteiger charge is -2.18. The number of halogens is 1. The molecule has 4 aromatic rings. The normalized spacial score (nSPS) is 11.8.